The predicted molar refractivity (Wildman–Crippen MR) is 80.4 cm³/mol. The van der Waals surface area contributed by atoms with E-state index in [9.17, 15) is 9.59 Å². The van der Waals surface area contributed by atoms with Crippen molar-refractivity contribution in [1.29, 1.82) is 0 Å². The third kappa shape index (κ3) is 3.37. The molecule has 20 heavy (non-hydrogen) atoms. The molecule has 1 aromatic rings. The normalized spacial score (nSPS) is 17.9. The Balaban J connectivity index is 0.00000200. The Morgan fingerprint density at radius 1 is 1.45 bits per heavy atom. The summed E-state index contributed by atoms with van der Waals surface area (Å²) in [6.07, 6.45) is 0. The summed E-state index contributed by atoms with van der Waals surface area (Å²) in [5.74, 6) is 0.737. The largest absolute Gasteiger partial charge is 0.357 e. The summed E-state index contributed by atoms with van der Waals surface area (Å²) in [4.78, 5) is 27.5. The van der Waals surface area contributed by atoms with E-state index in [1.165, 1.54) is 0 Å². The molecule has 0 saturated carbocycles. The fraction of sp³-hybridized carbons (Fsp3) is 0.417. The van der Waals surface area contributed by atoms with Gasteiger partial charge in [-0.25, -0.2) is 4.98 Å². The molecule has 0 aliphatic carbocycles. The Hall–Kier alpha value is -1.86. The summed E-state index contributed by atoms with van der Waals surface area (Å²) in [7, 11) is 1.71. The molecule has 0 radical (unpaired) electrons. The number of likely N-dealkylation sites (N-methyl/N-ethyl adjacent to an activating group) is 1. The average molecular weight is 300 g/mol. The highest BCUT2D eigenvalue weighted by molar-refractivity contribution is 6.02. The predicted octanol–water partition coefficient (Wildman–Crippen LogP) is 0.802. The quantitative estimate of drug-likeness (QED) is 0.662. The van der Waals surface area contributed by atoms with Gasteiger partial charge in [0.15, 0.2) is 5.82 Å². The third-order valence-electron chi connectivity index (χ3n) is 2.98. The van der Waals surface area contributed by atoms with Crippen molar-refractivity contribution in [1.82, 2.24) is 10.3 Å². The molecule has 2 atom stereocenters. The zero-order chi connectivity index (χ0) is 14.0. The number of nitrogens with zero attached hydrogens (tertiary/aromatic N) is 1. The number of hydrogen-bond donors (Lipinski definition) is 4. The molecule has 0 fully saturated rings. The van der Waals surface area contributed by atoms with Gasteiger partial charge in [0.2, 0.25) is 11.8 Å². The van der Waals surface area contributed by atoms with E-state index in [4.69, 9.17) is 0 Å². The molecule has 0 aromatic carbocycles. The summed E-state index contributed by atoms with van der Waals surface area (Å²) in [6, 6.07) is 2.71. The van der Waals surface area contributed by atoms with Crippen LogP contribution < -0.4 is 21.3 Å². The van der Waals surface area contributed by atoms with E-state index in [1.807, 2.05) is 0 Å². The van der Waals surface area contributed by atoms with Crippen molar-refractivity contribution in [2.75, 3.05) is 23.0 Å². The Kier molecular flexibility index (Phi) is 5.29. The highest BCUT2D eigenvalue weighted by Gasteiger charge is 2.22. The molecule has 2 amide bonds. The molecule has 0 saturated heterocycles. The molecule has 8 heteroatoms. The summed E-state index contributed by atoms with van der Waals surface area (Å²) >= 11 is 0. The highest BCUT2D eigenvalue weighted by Crippen LogP contribution is 2.26. The van der Waals surface area contributed by atoms with Gasteiger partial charge in [-0.1, -0.05) is 0 Å². The lowest BCUT2D eigenvalue weighted by Crippen LogP contribution is -2.37. The first-order valence-corrected chi connectivity index (χ1v) is 6.08. The zero-order valence-corrected chi connectivity index (χ0v) is 12.3. The van der Waals surface area contributed by atoms with Crippen LogP contribution in [0.15, 0.2) is 12.1 Å². The standard InChI is InChI=1S/C12H17N5O2.ClH/c1-6(13-3)11(18)17-9-5-4-8-10(16-9)14-7(2)12(19)15-8;/h4-7,13H,1-3H3,(H,15,19)(H2,14,16,17,18);1H/t6-,7-;/m0./s1. The Morgan fingerprint density at radius 3 is 2.80 bits per heavy atom. The first-order chi connectivity index (χ1) is 9.01. The van der Waals surface area contributed by atoms with Crippen LogP contribution in [0.1, 0.15) is 13.8 Å². The third-order valence-corrected chi connectivity index (χ3v) is 2.98. The molecule has 2 rings (SSSR count). The van der Waals surface area contributed by atoms with Crippen molar-refractivity contribution in [3.05, 3.63) is 12.1 Å². The fourth-order valence-corrected chi connectivity index (χ4v) is 1.62. The maximum atomic E-state index is 11.7. The molecule has 7 nitrogen and oxygen atoms in total. The van der Waals surface area contributed by atoms with E-state index in [0.29, 0.717) is 17.3 Å². The maximum absolute atomic E-state index is 11.7. The summed E-state index contributed by atoms with van der Waals surface area (Å²) < 4.78 is 0. The number of halogens is 1. The molecule has 110 valence electrons. The van der Waals surface area contributed by atoms with Gasteiger partial charge in [-0.3, -0.25) is 9.59 Å². The number of fused-ring (bicyclic) bond motifs is 1. The molecule has 0 unspecified atom stereocenters. The van der Waals surface area contributed by atoms with E-state index >= 15 is 0 Å². The lowest BCUT2D eigenvalue weighted by Gasteiger charge is -2.23. The Labute approximate surface area is 123 Å². The highest BCUT2D eigenvalue weighted by atomic mass is 35.5. The number of anilines is 3. The van der Waals surface area contributed by atoms with Crippen LogP contribution in [0.4, 0.5) is 17.3 Å². The number of nitrogens with one attached hydrogen (secondary N) is 4. The first kappa shape index (κ1) is 16.2. The molecular formula is C12H18ClN5O2. The molecule has 1 aromatic heterocycles. The fourth-order valence-electron chi connectivity index (χ4n) is 1.62. The second-order valence-corrected chi connectivity index (χ2v) is 4.45. The van der Waals surface area contributed by atoms with Gasteiger partial charge in [0, 0.05) is 0 Å². The van der Waals surface area contributed by atoms with Crippen molar-refractivity contribution >= 4 is 41.5 Å². The first-order valence-electron chi connectivity index (χ1n) is 6.08. The number of hydrogen-bond acceptors (Lipinski definition) is 5. The topological polar surface area (TPSA) is 95.2 Å². The lowest BCUT2D eigenvalue weighted by atomic mass is 10.2. The van der Waals surface area contributed by atoms with Gasteiger partial charge in [-0.05, 0) is 33.0 Å². The molecule has 4 N–H and O–H groups in total. The maximum Gasteiger partial charge on any atom is 0.246 e. The number of amides is 2. The minimum Gasteiger partial charge on any atom is -0.357 e. The van der Waals surface area contributed by atoms with Gasteiger partial charge in [-0.2, -0.15) is 0 Å². The van der Waals surface area contributed by atoms with Crippen LogP contribution in [0.5, 0.6) is 0 Å². The van der Waals surface area contributed by atoms with Gasteiger partial charge in [0.1, 0.15) is 11.9 Å². The smallest absolute Gasteiger partial charge is 0.246 e. The van der Waals surface area contributed by atoms with E-state index in [0.717, 1.165) is 0 Å². The van der Waals surface area contributed by atoms with E-state index in [2.05, 4.69) is 26.3 Å². The lowest BCUT2D eigenvalue weighted by molar-refractivity contribution is -0.118. The minimum atomic E-state index is -0.345. The van der Waals surface area contributed by atoms with E-state index < -0.39 is 0 Å². The van der Waals surface area contributed by atoms with E-state index in [-0.39, 0.29) is 36.3 Å². The zero-order valence-electron chi connectivity index (χ0n) is 11.5. The monoisotopic (exact) mass is 299 g/mol. The Bertz CT molecular complexity index is 523. The molecule has 2 heterocycles. The summed E-state index contributed by atoms with van der Waals surface area (Å²) in [5, 5.41) is 11.3. The van der Waals surface area contributed by atoms with Gasteiger partial charge in [-0.15, -0.1) is 12.4 Å². The molecule has 0 bridgehead atoms. The van der Waals surface area contributed by atoms with Gasteiger partial charge < -0.3 is 21.3 Å². The molecule has 1 aliphatic heterocycles. The number of rotatable bonds is 3. The van der Waals surface area contributed by atoms with Gasteiger partial charge in [0.25, 0.3) is 0 Å². The van der Waals surface area contributed by atoms with Crippen molar-refractivity contribution in [3.8, 4) is 0 Å². The van der Waals surface area contributed by atoms with Crippen LogP contribution in [0.3, 0.4) is 0 Å². The average Bonchev–Trinajstić information content (AvgIpc) is 2.39. The van der Waals surface area contributed by atoms with Crippen LogP contribution in [0.25, 0.3) is 0 Å². The van der Waals surface area contributed by atoms with Crippen molar-refractivity contribution in [2.45, 2.75) is 25.9 Å². The van der Waals surface area contributed by atoms with Crippen molar-refractivity contribution in [2.24, 2.45) is 0 Å². The number of aromatic nitrogens is 1. The van der Waals surface area contributed by atoms with Crippen LogP contribution in [0.2, 0.25) is 0 Å². The SMILES string of the molecule is CN[C@@H](C)C(=O)Nc1ccc2c(n1)N[C@@H](C)C(=O)N2.Cl. The van der Waals surface area contributed by atoms with Crippen LogP contribution in [-0.2, 0) is 9.59 Å². The Morgan fingerprint density at radius 2 is 2.15 bits per heavy atom. The second kappa shape index (κ2) is 6.53. The molecule has 1 aliphatic rings. The van der Waals surface area contributed by atoms with Gasteiger partial charge in [0.05, 0.1) is 11.7 Å². The number of carbonyl (C=O) groups is 2. The summed E-state index contributed by atoms with van der Waals surface area (Å²) in [5.41, 5.74) is 0.614. The van der Waals surface area contributed by atoms with Crippen LogP contribution in [-0.4, -0.2) is 35.9 Å². The number of carbonyl (C=O) groups excluding carboxylic acids is 2. The summed E-state index contributed by atoms with van der Waals surface area (Å²) in [6.45, 7) is 3.50. The van der Waals surface area contributed by atoms with Crippen LogP contribution in [0, 0.1) is 0 Å². The van der Waals surface area contributed by atoms with Gasteiger partial charge >= 0.3 is 0 Å². The van der Waals surface area contributed by atoms with Crippen molar-refractivity contribution in [3.63, 3.8) is 0 Å². The minimum absolute atomic E-state index is 0. The molecule has 0 spiro atoms. The van der Waals surface area contributed by atoms with Crippen LogP contribution >= 0.6 is 12.4 Å². The van der Waals surface area contributed by atoms with E-state index in [1.54, 1.807) is 33.0 Å². The molecular weight excluding hydrogens is 282 g/mol. The second-order valence-electron chi connectivity index (χ2n) is 4.45. The van der Waals surface area contributed by atoms with Crippen molar-refractivity contribution < 1.29 is 9.59 Å². The number of pyridine rings is 1.